The van der Waals surface area contributed by atoms with Crippen LogP contribution in [0.4, 0.5) is 0 Å². The van der Waals surface area contributed by atoms with Crippen LogP contribution >= 0.6 is 0 Å². The lowest BCUT2D eigenvalue weighted by Crippen LogP contribution is -1.99. The molecule has 0 aliphatic carbocycles. The predicted molar refractivity (Wildman–Crippen MR) is 79.8 cm³/mol. The number of ketones is 1. The van der Waals surface area contributed by atoms with Crippen molar-refractivity contribution in [3.8, 4) is 11.5 Å². The Labute approximate surface area is 122 Å². The van der Waals surface area contributed by atoms with Crippen LogP contribution in [0.1, 0.15) is 21.7 Å². The lowest BCUT2D eigenvalue weighted by atomic mass is 10.1. The molecule has 3 aromatic rings. The number of benzene rings is 2. The maximum absolute atomic E-state index is 12.2. The van der Waals surface area contributed by atoms with Crippen molar-refractivity contribution in [1.82, 2.24) is 0 Å². The molecular formula is C18H14O3. The Morgan fingerprint density at radius 2 is 1.57 bits per heavy atom. The topological polar surface area (TPSA) is 39.4 Å². The maximum Gasteiger partial charge on any atom is 0.196 e. The van der Waals surface area contributed by atoms with E-state index in [9.17, 15) is 4.79 Å². The van der Waals surface area contributed by atoms with Crippen LogP contribution < -0.4 is 4.74 Å². The predicted octanol–water partition coefficient (Wildman–Crippen LogP) is 4.61. The fraction of sp³-hybridized carbons (Fsp3) is 0.0556. The molecule has 0 atom stereocenters. The second kappa shape index (κ2) is 5.67. The van der Waals surface area contributed by atoms with Gasteiger partial charge in [-0.1, -0.05) is 18.2 Å². The molecule has 0 radical (unpaired) electrons. The smallest absolute Gasteiger partial charge is 0.196 e. The molecule has 2 aromatic carbocycles. The number of furan rings is 1. The third-order valence-corrected chi connectivity index (χ3v) is 3.09. The van der Waals surface area contributed by atoms with Crippen LogP contribution in [0.15, 0.2) is 71.3 Å². The summed E-state index contributed by atoms with van der Waals surface area (Å²) >= 11 is 0. The Bertz CT molecular complexity index is 740. The Hall–Kier alpha value is -2.81. The van der Waals surface area contributed by atoms with Gasteiger partial charge in [0.1, 0.15) is 23.5 Å². The van der Waals surface area contributed by atoms with Crippen LogP contribution in [0.2, 0.25) is 0 Å². The normalized spacial score (nSPS) is 10.3. The molecule has 104 valence electrons. The van der Waals surface area contributed by atoms with E-state index in [1.54, 1.807) is 30.3 Å². The van der Waals surface area contributed by atoms with Crippen molar-refractivity contribution in [1.29, 1.82) is 0 Å². The van der Waals surface area contributed by atoms with Gasteiger partial charge in [0.05, 0.1) is 5.56 Å². The first-order chi connectivity index (χ1) is 10.2. The number of carbonyl (C=O) groups excluding carboxylic acids is 1. The molecule has 0 amide bonds. The number of para-hydroxylation sites is 1. The standard InChI is InChI=1S/C18H14O3/c1-13-11-15(12-20-13)18(19)14-7-9-17(10-8-14)21-16-5-3-2-4-6-16/h2-12H,1H3. The molecule has 0 aliphatic heterocycles. The summed E-state index contributed by atoms with van der Waals surface area (Å²) in [5.41, 5.74) is 1.17. The molecule has 0 fully saturated rings. The largest absolute Gasteiger partial charge is 0.469 e. The summed E-state index contributed by atoms with van der Waals surface area (Å²) in [7, 11) is 0. The Morgan fingerprint density at radius 1 is 0.905 bits per heavy atom. The average molecular weight is 278 g/mol. The van der Waals surface area contributed by atoms with Crippen LogP contribution in [0.3, 0.4) is 0 Å². The molecule has 0 saturated carbocycles. The summed E-state index contributed by atoms with van der Waals surface area (Å²) in [5, 5.41) is 0. The van der Waals surface area contributed by atoms with Crippen LogP contribution in [-0.2, 0) is 0 Å². The van der Waals surface area contributed by atoms with E-state index in [-0.39, 0.29) is 5.78 Å². The molecule has 3 heteroatoms. The van der Waals surface area contributed by atoms with Gasteiger partial charge in [0, 0.05) is 5.56 Å². The molecule has 1 heterocycles. The zero-order valence-electron chi connectivity index (χ0n) is 11.6. The molecule has 0 saturated heterocycles. The van der Waals surface area contributed by atoms with E-state index in [1.165, 1.54) is 6.26 Å². The van der Waals surface area contributed by atoms with E-state index in [4.69, 9.17) is 9.15 Å². The number of hydrogen-bond donors (Lipinski definition) is 0. The lowest BCUT2D eigenvalue weighted by molar-refractivity contribution is 0.103. The van der Waals surface area contributed by atoms with Gasteiger partial charge in [-0.25, -0.2) is 0 Å². The van der Waals surface area contributed by atoms with Crippen LogP contribution in [0, 0.1) is 6.92 Å². The van der Waals surface area contributed by atoms with Gasteiger partial charge >= 0.3 is 0 Å². The van der Waals surface area contributed by atoms with E-state index in [1.807, 2.05) is 37.3 Å². The minimum absolute atomic E-state index is 0.0573. The van der Waals surface area contributed by atoms with Gasteiger partial charge in [-0.2, -0.15) is 0 Å². The van der Waals surface area contributed by atoms with E-state index in [0.29, 0.717) is 16.9 Å². The third-order valence-electron chi connectivity index (χ3n) is 3.09. The first kappa shape index (κ1) is 13.2. The minimum atomic E-state index is -0.0573. The Kier molecular flexibility index (Phi) is 3.56. The van der Waals surface area contributed by atoms with Gasteiger partial charge in [-0.15, -0.1) is 0 Å². The Morgan fingerprint density at radius 3 is 2.19 bits per heavy atom. The highest BCUT2D eigenvalue weighted by molar-refractivity contribution is 6.08. The van der Waals surface area contributed by atoms with Gasteiger partial charge in [0.2, 0.25) is 0 Å². The highest BCUT2D eigenvalue weighted by Crippen LogP contribution is 2.22. The molecule has 1 aromatic heterocycles. The molecule has 3 rings (SSSR count). The third kappa shape index (κ3) is 3.03. The van der Waals surface area contributed by atoms with Crippen molar-refractivity contribution in [2.24, 2.45) is 0 Å². The molecule has 0 unspecified atom stereocenters. The van der Waals surface area contributed by atoms with Gasteiger partial charge in [-0.3, -0.25) is 4.79 Å². The summed E-state index contributed by atoms with van der Waals surface area (Å²) in [5.74, 6) is 2.13. The second-order valence-electron chi connectivity index (χ2n) is 4.71. The number of hydrogen-bond acceptors (Lipinski definition) is 3. The molecular weight excluding hydrogens is 264 g/mol. The van der Waals surface area contributed by atoms with E-state index < -0.39 is 0 Å². The highest BCUT2D eigenvalue weighted by Gasteiger charge is 2.11. The zero-order valence-corrected chi connectivity index (χ0v) is 11.6. The average Bonchev–Trinajstić information content (AvgIpc) is 2.95. The summed E-state index contributed by atoms with van der Waals surface area (Å²) < 4.78 is 10.9. The van der Waals surface area contributed by atoms with Crippen molar-refractivity contribution >= 4 is 5.78 Å². The quantitative estimate of drug-likeness (QED) is 0.654. The maximum atomic E-state index is 12.2. The van der Waals surface area contributed by atoms with E-state index in [2.05, 4.69) is 0 Å². The van der Waals surface area contributed by atoms with Crippen molar-refractivity contribution in [3.05, 3.63) is 83.8 Å². The van der Waals surface area contributed by atoms with Crippen molar-refractivity contribution in [2.45, 2.75) is 6.92 Å². The van der Waals surface area contributed by atoms with Crippen LogP contribution in [0.25, 0.3) is 0 Å². The summed E-state index contributed by atoms with van der Waals surface area (Å²) in [4.78, 5) is 12.2. The van der Waals surface area contributed by atoms with Gasteiger partial charge < -0.3 is 9.15 Å². The van der Waals surface area contributed by atoms with Crippen molar-refractivity contribution < 1.29 is 13.9 Å². The second-order valence-corrected chi connectivity index (χ2v) is 4.71. The zero-order chi connectivity index (χ0) is 14.7. The number of ether oxygens (including phenoxy) is 1. The monoisotopic (exact) mass is 278 g/mol. The fourth-order valence-electron chi connectivity index (χ4n) is 2.03. The SMILES string of the molecule is Cc1cc(C(=O)c2ccc(Oc3ccccc3)cc2)co1. The summed E-state index contributed by atoms with van der Waals surface area (Å²) in [6, 6.07) is 18.3. The molecule has 0 aliphatic rings. The number of rotatable bonds is 4. The van der Waals surface area contributed by atoms with Crippen LogP contribution in [0.5, 0.6) is 11.5 Å². The molecule has 0 bridgehead atoms. The molecule has 3 nitrogen and oxygen atoms in total. The van der Waals surface area contributed by atoms with E-state index in [0.717, 1.165) is 11.5 Å². The van der Waals surface area contributed by atoms with Crippen molar-refractivity contribution in [3.63, 3.8) is 0 Å². The minimum Gasteiger partial charge on any atom is -0.469 e. The van der Waals surface area contributed by atoms with Gasteiger partial charge in [0.15, 0.2) is 5.78 Å². The number of aryl methyl sites for hydroxylation is 1. The lowest BCUT2D eigenvalue weighted by Gasteiger charge is -2.05. The summed E-state index contributed by atoms with van der Waals surface area (Å²) in [6.07, 6.45) is 1.48. The Balaban J connectivity index is 1.76. The number of carbonyl (C=O) groups is 1. The molecule has 0 N–H and O–H groups in total. The molecule has 21 heavy (non-hydrogen) atoms. The molecule has 0 spiro atoms. The van der Waals surface area contributed by atoms with Crippen molar-refractivity contribution in [2.75, 3.05) is 0 Å². The van der Waals surface area contributed by atoms with E-state index >= 15 is 0 Å². The first-order valence-electron chi connectivity index (χ1n) is 6.65. The first-order valence-corrected chi connectivity index (χ1v) is 6.65. The highest BCUT2D eigenvalue weighted by atomic mass is 16.5. The van der Waals surface area contributed by atoms with Gasteiger partial charge in [0.25, 0.3) is 0 Å². The fourth-order valence-corrected chi connectivity index (χ4v) is 2.03. The summed E-state index contributed by atoms with van der Waals surface area (Å²) in [6.45, 7) is 1.81. The van der Waals surface area contributed by atoms with Gasteiger partial charge in [-0.05, 0) is 49.4 Å². The van der Waals surface area contributed by atoms with Crippen LogP contribution in [-0.4, -0.2) is 5.78 Å².